The quantitative estimate of drug-likeness (QED) is 0.863. The summed E-state index contributed by atoms with van der Waals surface area (Å²) in [5.41, 5.74) is 3.04. The summed E-state index contributed by atoms with van der Waals surface area (Å²) in [6.07, 6.45) is 7.46. The predicted molar refractivity (Wildman–Crippen MR) is 83.3 cm³/mol. The monoisotopic (exact) mass is 287 g/mol. The molecule has 3 rings (SSSR count). The molecular formula is C18H25NO2. The maximum Gasteiger partial charge on any atom is 0.303 e. The summed E-state index contributed by atoms with van der Waals surface area (Å²) in [5, 5.41) is 8.93. The first kappa shape index (κ1) is 14.6. The van der Waals surface area contributed by atoms with Gasteiger partial charge in [0.05, 0.1) is 0 Å². The van der Waals surface area contributed by atoms with Crippen molar-refractivity contribution < 1.29 is 9.90 Å². The molecule has 3 heteroatoms. The van der Waals surface area contributed by atoms with E-state index in [1.165, 1.54) is 36.8 Å². The smallest absolute Gasteiger partial charge is 0.303 e. The number of hydrogen-bond donors (Lipinski definition) is 1. The molecule has 0 amide bonds. The van der Waals surface area contributed by atoms with Crippen molar-refractivity contribution in [3.63, 3.8) is 0 Å². The Morgan fingerprint density at radius 2 is 1.90 bits per heavy atom. The number of carboxylic acid groups (broad SMARTS) is 1. The van der Waals surface area contributed by atoms with Crippen molar-refractivity contribution in [1.29, 1.82) is 0 Å². The topological polar surface area (TPSA) is 40.5 Å². The van der Waals surface area contributed by atoms with Gasteiger partial charge in [-0.05, 0) is 62.2 Å². The van der Waals surface area contributed by atoms with Crippen molar-refractivity contribution >= 4 is 5.97 Å². The molecule has 1 aromatic rings. The number of rotatable bonds is 3. The molecule has 1 heterocycles. The third-order valence-corrected chi connectivity index (χ3v) is 5.14. The second-order valence-corrected chi connectivity index (χ2v) is 6.54. The summed E-state index contributed by atoms with van der Waals surface area (Å²) < 4.78 is 0. The van der Waals surface area contributed by atoms with Gasteiger partial charge in [0.25, 0.3) is 0 Å². The van der Waals surface area contributed by atoms with Gasteiger partial charge in [0.2, 0.25) is 0 Å². The van der Waals surface area contributed by atoms with Gasteiger partial charge >= 0.3 is 5.97 Å². The Balaban J connectivity index is 1.69. The van der Waals surface area contributed by atoms with Gasteiger partial charge in [-0.1, -0.05) is 30.7 Å². The van der Waals surface area contributed by atoms with Crippen LogP contribution in [-0.2, 0) is 11.2 Å². The summed E-state index contributed by atoms with van der Waals surface area (Å²) in [6, 6.07) is 9.45. The lowest BCUT2D eigenvalue weighted by atomic mass is 9.90. The van der Waals surface area contributed by atoms with Crippen LogP contribution in [0.5, 0.6) is 0 Å². The number of likely N-dealkylation sites (tertiary alicyclic amines) is 1. The molecule has 3 nitrogen and oxygen atoms in total. The Labute approximate surface area is 127 Å². The molecule has 0 saturated carbocycles. The van der Waals surface area contributed by atoms with E-state index in [1.54, 1.807) is 0 Å². The third kappa shape index (κ3) is 3.46. The minimum atomic E-state index is -0.645. The highest BCUT2D eigenvalue weighted by molar-refractivity contribution is 5.67. The average molecular weight is 287 g/mol. The standard InChI is InChI=1S/C18H25NO2/c20-18(21)13-14-9-11-19(12-10-14)17-8-4-2-6-15-5-1-3-7-16(15)17/h1,3,5,7,14,17H,2,4,6,8-13H2,(H,20,21). The highest BCUT2D eigenvalue weighted by atomic mass is 16.4. The van der Waals surface area contributed by atoms with E-state index in [-0.39, 0.29) is 0 Å². The summed E-state index contributed by atoms with van der Waals surface area (Å²) in [5.74, 6) is -0.270. The van der Waals surface area contributed by atoms with Crippen LogP contribution < -0.4 is 0 Å². The Kier molecular flexibility index (Phi) is 4.59. The first-order valence-electron chi connectivity index (χ1n) is 8.27. The van der Waals surface area contributed by atoms with Gasteiger partial charge in [0.1, 0.15) is 0 Å². The molecule has 0 aromatic heterocycles. The summed E-state index contributed by atoms with van der Waals surface area (Å²) >= 11 is 0. The number of aryl methyl sites for hydroxylation is 1. The summed E-state index contributed by atoms with van der Waals surface area (Å²) in [7, 11) is 0. The summed E-state index contributed by atoms with van der Waals surface area (Å²) in [6.45, 7) is 2.11. The van der Waals surface area contributed by atoms with Gasteiger partial charge in [-0.25, -0.2) is 0 Å². The van der Waals surface area contributed by atoms with Gasteiger partial charge in [-0.15, -0.1) is 0 Å². The van der Waals surface area contributed by atoms with Crippen LogP contribution in [0, 0.1) is 5.92 Å². The Hall–Kier alpha value is -1.35. The first-order chi connectivity index (χ1) is 10.2. The Morgan fingerprint density at radius 1 is 1.14 bits per heavy atom. The van der Waals surface area contributed by atoms with Crippen molar-refractivity contribution in [3.8, 4) is 0 Å². The van der Waals surface area contributed by atoms with E-state index in [1.807, 2.05) is 0 Å². The Morgan fingerprint density at radius 3 is 2.67 bits per heavy atom. The lowest BCUT2D eigenvalue weighted by molar-refractivity contribution is -0.138. The molecular weight excluding hydrogens is 262 g/mol. The number of hydrogen-bond acceptors (Lipinski definition) is 2. The van der Waals surface area contributed by atoms with Crippen LogP contribution in [0.15, 0.2) is 24.3 Å². The van der Waals surface area contributed by atoms with Crippen LogP contribution in [0.3, 0.4) is 0 Å². The predicted octanol–water partition coefficient (Wildman–Crippen LogP) is 3.64. The number of aliphatic carboxylic acids is 1. The number of nitrogens with zero attached hydrogens (tertiary/aromatic N) is 1. The molecule has 0 radical (unpaired) electrons. The number of benzene rings is 1. The first-order valence-corrected chi connectivity index (χ1v) is 8.27. The number of fused-ring (bicyclic) bond motifs is 1. The number of piperidine rings is 1. The van der Waals surface area contributed by atoms with Gasteiger partial charge < -0.3 is 5.11 Å². The van der Waals surface area contributed by atoms with Crippen molar-refractivity contribution in [1.82, 2.24) is 4.90 Å². The number of carbonyl (C=O) groups is 1. The van der Waals surface area contributed by atoms with E-state index < -0.39 is 5.97 Å². The molecule has 1 aliphatic heterocycles. The van der Waals surface area contributed by atoms with Crippen LogP contribution in [0.2, 0.25) is 0 Å². The van der Waals surface area contributed by atoms with Crippen LogP contribution in [0.1, 0.15) is 55.7 Å². The molecule has 1 atom stereocenters. The SMILES string of the molecule is O=C(O)CC1CCN(C2CCCCc3ccccc32)CC1. The highest BCUT2D eigenvalue weighted by Gasteiger charge is 2.28. The molecule has 1 fully saturated rings. The molecule has 114 valence electrons. The molecule has 1 aliphatic carbocycles. The van der Waals surface area contributed by atoms with Crippen molar-refractivity contribution in [3.05, 3.63) is 35.4 Å². The van der Waals surface area contributed by atoms with Crippen molar-refractivity contribution in [2.45, 2.75) is 51.0 Å². The molecule has 1 unspecified atom stereocenters. The van der Waals surface area contributed by atoms with E-state index in [0.29, 0.717) is 18.4 Å². The fourth-order valence-electron chi connectivity index (χ4n) is 3.99. The number of carboxylic acids is 1. The molecule has 1 saturated heterocycles. The van der Waals surface area contributed by atoms with E-state index in [9.17, 15) is 4.79 Å². The van der Waals surface area contributed by atoms with Crippen LogP contribution in [0.25, 0.3) is 0 Å². The molecule has 1 N–H and O–H groups in total. The van der Waals surface area contributed by atoms with E-state index in [2.05, 4.69) is 29.2 Å². The van der Waals surface area contributed by atoms with Gasteiger partial charge in [0.15, 0.2) is 0 Å². The Bertz CT molecular complexity index is 492. The molecule has 0 bridgehead atoms. The van der Waals surface area contributed by atoms with Gasteiger partial charge in [-0.3, -0.25) is 9.69 Å². The second-order valence-electron chi connectivity index (χ2n) is 6.54. The largest absolute Gasteiger partial charge is 0.481 e. The van der Waals surface area contributed by atoms with Gasteiger partial charge in [0, 0.05) is 12.5 Å². The summed E-state index contributed by atoms with van der Waals surface area (Å²) in [4.78, 5) is 13.4. The molecule has 1 aromatic carbocycles. The van der Waals surface area contributed by atoms with E-state index in [4.69, 9.17) is 5.11 Å². The highest BCUT2D eigenvalue weighted by Crippen LogP contribution is 2.35. The fraction of sp³-hybridized carbons (Fsp3) is 0.611. The average Bonchev–Trinajstić information content (AvgIpc) is 2.70. The van der Waals surface area contributed by atoms with E-state index in [0.717, 1.165) is 25.9 Å². The molecule has 21 heavy (non-hydrogen) atoms. The zero-order chi connectivity index (χ0) is 14.7. The third-order valence-electron chi connectivity index (χ3n) is 5.14. The fourth-order valence-corrected chi connectivity index (χ4v) is 3.99. The van der Waals surface area contributed by atoms with Crippen LogP contribution in [-0.4, -0.2) is 29.1 Å². The lowest BCUT2D eigenvalue weighted by Crippen LogP contribution is -2.37. The van der Waals surface area contributed by atoms with Gasteiger partial charge in [-0.2, -0.15) is 0 Å². The van der Waals surface area contributed by atoms with Crippen molar-refractivity contribution in [2.75, 3.05) is 13.1 Å². The maximum absolute atomic E-state index is 10.8. The minimum absolute atomic E-state index is 0.342. The second kappa shape index (κ2) is 6.61. The van der Waals surface area contributed by atoms with Crippen LogP contribution >= 0.6 is 0 Å². The maximum atomic E-state index is 10.8. The van der Waals surface area contributed by atoms with E-state index >= 15 is 0 Å². The van der Waals surface area contributed by atoms with Crippen molar-refractivity contribution in [2.24, 2.45) is 5.92 Å². The normalized spacial score (nSPS) is 24.3. The zero-order valence-corrected chi connectivity index (χ0v) is 12.6. The molecule has 0 spiro atoms. The molecule has 2 aliphatic rings. The van der Waals surface area contributed by atoms with Crippen LogP contribution in [0.4, 0.5) is 0 Å². The zero-order valence-electron chi connectivity index (χ0n) is 12.6. The minimum Gasteiger partial charge on any atom is -0.481 e. The lowest BCUT2D eigenvalue weighted by Gasteiger charge is -2.37.